The maximum atomic E-state index is 12.6. The molecule has 0 atom stereocenters. The Morgan fingerprint density at radius 3 is 2.68 bits per heavy atom. The van der Waals surface area contributed by atoms with Crippen LogP contribution >= 0.6 is 0 Å². The number of para-hydroxylation sites is 1. The number of hydrogen-bond donors (Lipinski definition) is 1. The van der Waals surface area contributed by atoms with E-state index in [-0.39, 0.29) is 20.7 Å². The molecule has 4 nitrogen and oxygen atoms in total. The number of H-pyrrole nitrogens is 1. The van der Waals surface area contributed by atoms with Gasteiger partial charge in [-0.05, 0) is 0 Å². The summed E-state index contributed by atoms with van der Waals surface area (Å²) < 4.78 is 11.8. The summed E-state index contributed by atoms with van der Waals surface area (Å²) in [5, 5.41) is 1.09. The molecule has 1 heterocycles. The Balaban J connectivity index is 1.93. The zero-order valence-corrected chi connectivity index (χ0v) is 16.0. The SMILES string of the molecule is COc1cc(C(=O)/C=C/c2c[nH]c3ccccc23)cc([Se]C)c1OC. The molecule has 0 aliphatic carbocycles. The van der Waals surface area contributed by atoms with Gasteiger partial charge in [-0.1, -0.05) is 0 Å². The minimum absolute atomic E-state index is 0.0586. The van der Waals surface area contributed by atoms with Gasteiger partial charge < -0.3 is 0 Å². The van der Waals surface area contributed by atoms with Crippen molar-refractivity contribution in [1.82, 2.24) is 4.98 Å². The first kappa shape index (κ1) is 17.3. The Labute approximate surface area is 153 Å². The molecule has 0 bridgehead atoms. The topological polar surface area (TPSA) is 51.3 Å². The standard InChI is InChI=1S/C20H19NO3Se/c1-23-18-10-14(11-19(25-3)20(18)24-2)17(22)9-8-13-12-21-16-7-5-4-6-15(13)16/h4-12,21H,1-3H3/b9-8+. The van der Waals surface area contributed by atoms with Crippen LogP contribution in [0.1, 0.15) is 15.9 Å². The van der Waals surface area contributed by atoms with Gasteiger partial charge in [-0.3, -0.25) is 0 Å². The number of methoxy groups -OCH3 is 2. The van der Waals surface area contributed by atoms with Crippen LogP contribution in [0.3, 0.4) is 0 Å². The molecular weight excluding hydrogens is 381 g/mol. The van der Waals surface area contributed by atoms with Gasteiger partial charge >= 0.3 is 153 Å². The monoisotopic (exact) mass is 401 g/mol. The van der Waals surface area contributed by atoms with Crippen LogP contribution in [0.15, 0.2) is 48.7 Å². The molecular formula is C20H19NO3Se. The molecule has 128 valence electrons. The summed E-state index contributed by atoms with van der Waals surface area (Å²) in [4.78, 5) is 15.8. The molecule has 0 unspecified atom stereocenters. The predicted octanol–water partition coefficient (Wildman–Crippen LogP) is 3.46. The zero-order chi connectivity index (χ0) is 17.8. The summed E-state index contributed by atoms with van der Waals surface area (Å²) in [5.74, 6) is 3.33. The van der Waals surface area contributed by atoms with Crippen molar-refractivity contribution < 1.29 is 14.3 Å². The summed E-state index contributed by atoms with van der Waals surface area (Å²) in [6, 6.07) is 11.6. The third kappa shape index (κ3) is 3.48. The number of ether oxygens (including phenoxy) is 2. The number of allylic oxidation sites excluding steroid dienone is 1. The van der Waals surface area contributed by atoms with Gasteiger partial charge in [-0.2, -0.15) is 0 Å². The Morgan fingerprint density at radius 1 is 1.16 bits per heavy atom. The average Bonchev–Trinajstić information content (AvgIpc) is 3.07. The number of carbonyl (C=O) groups is 1. The third-order valence-corrected chi connectivity index (χ3v) is 5.54. The molecule has 0 saturated carbocycles. The van der Waals surface area contributed by atoms with E-state index in [2.05, 4.69) is 10.8 Å². The second-order valence-electron chi connectivity index (χ2n) is 5.40. The van der Waals surface area contributed by atoms with Crippen LogP contribution in [0.25, 0.3) is 17.0 Å². The molecule has 0 radical (unpaired) electrons. The maximum absolute atomic E-state index is 12.6. The van der Waals surface area contributed by atoms with Crippen LogP contribution in [0.2, 0.25) is 5.82 Å². The number of ketones is 1. The van der Waals surface area contributed by atoms with Crippen molar-refractivity contribution in [2.75, 3.05) is 14.2 Å². The average molecular weight is 400 g/mol. The van der Waals surface area contributed by atoms with E-state index in [0.717, 1.165) is 20.9 Å². The number of hydrogen-bond acceptors (Lipinski definition) is 3. The number of carbonyl (C=O) groups excluding carboxylic acids is 1. The van der Waals surface area contributed by atoms with E-state index in [4.69, 9.17) is 9.47 Å². The van der Waals surface area contributed by atoms with Gasteiger partial charge in [0.05, 0.1) is 0 Å². The van der Waals surface area contributed by atoms with E-state index in [1.807, 2.05) is 42.6 Å². The first-order valence-electron chi connectivity index (χ1n) is 7.76. The predicted molar refractivity (Wildman–Crippen MR) is 102 cm³/mol. The van der Waals surface area contributed by atoms with Crippen molar-refractivity contribution in [2.24, 2.45) is 0 Å². The molecule has 0 aliphatic rings. The molecule has 5 heteroatoms. The van der Waals surface area contributed by atoms with Crippen LogP contribution in [0.4, 0.5) is 0 Å². The second kappa shape index (κ2) is 7.60. The molecule has 0 spiro atoms. The van der Waals surface area contributed by atoms with Crippen LogP contribution in [0, 0.1) is 0 Å². The van der Waals surface area contributed by atoms with Crippen molar-refractivity contribution in [3.05, 3.63) is 59.8 Å². The molecule has 2 aromatic carbocycles. The summed E-state index contributed by atoms with van der Waals surface area (Å²) in [5.41, 5.74) is 2.65. The van der Waals surface area contributed by atoms with Crippen molar-refractivity contribution >= 4 is 42.2 Å². The summed E-state index contributed by atoms with van der Waals surface area (Å²) in [6.07, 6.45) is 5.35. The van der Waals surface area contributed by atoms with Crippen LogP contribution in [-0.2, 0) is 0 Å². The Kier molecular flexibility index (Phi) is 5.27. The number of rotatable bonds is 6. The molecule has 0 amide bonds. The normalized spacial score (nSPS) is 11.2. The van der Waals surface area contributed by atoms with E-state index < -0.39 is 0 Å². The fourth-order valence-corrected chi connectivity index (χ4v) is 4.01. The van der Waals surface area contributed by atoms with Gasteiger partial charge in [0.15, 0.2) is 0 Å². The fourth-order valence-electron chi connectivity index (χ4n) is 2.72. The quantitative estimate of drug-likeness (QED) is 0.392. The molecule has 0 fully saturated rings. The first-order chi connectivity index (χ1) is 12.2. The molecule has 0 aliphatic heterocycles. The summed E-state index contributed by atoms with van der Waals surface area (Å²) >= 11 is 0.190. The van der Waals surface area contributed by atoms with E-state index in [0.29, 0.717) is 17.1 Å². The van der Waals surface area contributed by atoms with Gasteiger partial charge in [0.1, 0.15) is 0 Å². The van der Waals surface area contributed by atoms with Gasteiger partial charge in [0.2, 0.25) is 0 Å². The van der Waals surface area contributed by atoms with E-state index in [1.54, 1.807) is 26.4 Å². The summed E-state index contributed by atoms with van der Waals surface area (Å²) in [7, 11) is 3.20. The summed E-state index contributed by atoms with van der Waals surface area (Å²) in [6.45, 7) is 0. The third-order valence-electron chi connectivity index (χ3n) is 3.98. The zero-order valence-electron chi connectivity index (χ0n) is 14.3. The molecule has 0 saturated heterocycles. The number of benzene rings is 2. The molecule has 1 aromatic heterocycles. The minimum atomic E-state index is -0.0586. The fraction of sp³-hybridized carbons (Fsp3) is 0.150. The van der Waals surface area contributed by atoms with E-state index >= 15 is 0 Å². The van der Waals surface area contributed by atoms with Crippen LogP contribution in [0.5, 0.6) is 11.5 Å². The second-order valence-corrected chi connectivity index (χ2v) is 7.18. The Hall–Kier alpha value is -2.49. The number of nitrogens with one attached hydrogen (secondary N) is 1. The Morgan fingerprint density at radius 2 is 1.96 bits per heavy atom. The number of aromatic amines is 1. The van der Waals surface area contributed by atoms with Crippen molar-refractivity contribution in [3.63, 3.8) is 0 Å². The van der Waals surface area contributed by atoms with Gasteiger partial charge in [0.25, 0.3) is 0 Å². The number of fused-ring (bicyclic) bond motifs is 1. The van der Waals surface area contributed by atoms with Gasteiger partial charge in [0, 0.05) is 0 Å². The van der Waals surface area contributed by atoms with Gasteiger partial charge in [-0.15, -0.1) is 0 Å². The van der Waals surface area contributed by atoms with Gasteiger partial charge in [-0.25, -0.2) is 0 Å². The van der Waals surface area contributed by atoms with Crippen molar-refractivity contribution in [2.45, 2.75) is 5.82 Å². The van der Waals surface area contributed by atoms with Crippen molar-refractivity contribution in [3.8, 4) is 11.5 Å². The van der Waals surface area contributed by atoms with Crippen molar-refractivity contribution in [1.29, 1.82) is 0 Å². The molecule has 25 heavy (non-hydrogen) atoms. The first-order valence-corrected chi connectivity index (χ1v) is 10.3. The Bertz CT molecular complexity index is 918. The molecule has 1 N–H and O–H groups in total. The molecule has 3 aromatic rings. The van der Waals surface area contributed by atoms with E-state index in [9.17, 15) is 4.79 Å². The number of aromatic nitrogens is 1. The van der Waals surface area contributed by atoms with Crippen LogP contribution < -0.4 is 13.9 Å². The van der Waals surface area contributed by atoms with E-state index in [1.165, 1.54) is 0 Å². The van der Waals surface area contributed by atoms with Crippen LogP contribution in [-0.4, -0.2) is 39.9 Å². The molecule has 3 rings (SSSR count).